The first-order valence-electron chi connectivity index (χ1n) is 28.5. The second kappa shape index (κ2) is 45.6. The first-order chi connectivity index (χ1) is 35.6. The molecule has 14 heteroatoms. The zero-order chi connectivity index (χ0) is 53.0. The van der Waals surface area contributed by atoms with E-state index < -0.39 is 80.7 Å². The average Bonchev–Trinajstić information content (AvgIpc) is 3.39. The van der Waals surface area contributed by atoms with Crippen molar-refractivity contribution in [2.75, 3.05) is 33.0 Å². The normalized spacial score (nSPS) is 25.5. The Bertz CT molecular complexity index is 1480. The lowest BCUT2D eigenvalue weighted by Crippen LogP contribution is -2.61. The van der Waals surface area contributed by atoms with Crippen LogP contribution in [0.15, 0.2) is 72.9 Å². The van der Waals surface area contributed by atoms with Crippen LogP contribution in [0.3, 0.4) is 0 Å². The fraction of sp³-hybridized carbons (Fsp3) is 0.780. The van der Waals surface area contributed by atoms with E-state index in [1.165, 1.54) is 83.5 Å². The predicted molar refractivity (Wildman–Crippen MR) is 289 cm³/mol. The summed E-state index contributed by atoms with van der Waals surface area (Å²) < 4.78 is 34.4. The number of carbonyl (C=O) groups excluding carboxylic acids is 1. The van der Waals surface area contributed by atoms with Crippen LogP contribution in [0.5, 0.6) is 0 Å². The van der Waals surface area contributed by atoms with Crippen molar-refractivity contribution in [3.05, 3.63) is 72.9 Å². The third kappa shape index (κ3) is 32.6. The Balaban J connectivity index is 1.73. The van der Waals surface area contributed by atoms with Crippen molar-refractivity contribution < 1.29 is 69.0 Å². The molecule has 2 fully saturated rings. The maximum absolute atomic E-state index is 13.1. The number of esters is 1. The number of ether oxygens (including phenoxy) is 6. The highest BCUT2D eigenvalue weighted by atomic mass is 16.7. The summed E-state index contributed by atoms with van der Waals surface area (Å²) in [6.07, 6.45) is 41.0. The van der Waals surface area contributed by atoms with Crippen LogP contribution in [0.4, 0.5) is 0 Å². The summed E-state index contributed by atoms with van der Waals surface area (Å²) in [5, 5.41) is 72.3. The van der Waals surface area contributed by atoms with Gasteiger partial charge in [-0.05, 0) is 83.5 Å². The van der Waals surface area contributed by atoms with Gasteiger partial charge >= 0.3 is 5.97 Å². The van der Waals surface area contributed by atoms with Gasteiger partial charge in [0.15, 0.2) is 12.6 Å². The minimum Gasteiger partial charge on any atom is -0.457 e. The Labute approximate surface area is 440 Å². The Morgan fingerprint density at radius 1 is 0.466 bits per heavy atom. The van der Waals surface area contributed by atoms with Gasteiger partial charge in [-0.25, -0.2) is 0 Å². The molecule has 0 amide bonds. The van der Waals surface area contributed by atoms with E-state index in [4.69, 9.17) is 28.4 Å². The minimum absolute atomic E-state index is 0.0508. The second-order valence-corrected chi connectivity index (χ2v) is 19.7. The quantitative estimate of drug-likeness (QED) is 0.0172. The Morgan fingerprint density at radius 2 is 0.890 bits per heavy atom. The number of aliphatic hydroxyl groups is 7. The van der Waals surface area contributed by atoms with Gasteiger partial charge < -0.3 is 64.2 Å². The smallest absolute Gasteiger partial charge is 0.306 e. The van der Waals surface area contributed by atoms with E-state index >= 15 is 0 Å². The van der Waals surface area contributed by atoms with Crippen molar-refractivity contribution in [3.63, 3.8) is 0 Å². The number of hydrogen-bond donors (Lipinski definition) is 7. The molecule has 2 heterocycles. The predicted octanol–water partition coefficient (Wildman–Crippen LogP) is 9.86. The van der Waals surface area contributed by atoms with Crippen molar-refractivity contribution >= 4 is 5.97 Å². The van der Waals surface area contributed by atoms with E-state index in [0.29, 0.717) is 13.0 Å². The number of allylic oxidation sites excluding steroid dienone is 12. The van der Waals surface area contributed by atoms with E-state index in [0.717, 1.165) is 83.5 Å². The molecule has 11 atom stereocenters. The summed E-state index contributed by atoms with van der Waals surface area (Å²) in [5.74, 6) is -0.388. The van der Waals surface area contributed by atoms with Gasteiger partial charge in [-0.2, -0.15) is 0 Å². The standard InChI is InChI=1S/C59H102O14/c1-3-5-7-9-11-13-15-17-19-21-22-23-24-25-27-29-31-33-35-37-39-41-43-68-45-48(71-51(61)42-40-38-36-34-32-30-28-26-20-18-16-14-12-10-8-6-4-2)46-69-58-57(67)55(65)53(63)50(73-58)47-70-59-56(66)54(64)52(62)49(44-60)72-59/h5,7,11-14,17-20,22-23,48-50,52-60,62-67H,3-4,6,8-10,15-16,21,24-47H2,1-2H3/b7-5-,13-11-,14-12-,19-17-,20-18-,23-22-. The molecule has 2 rings (SSSR count). The molecule has 0 bridgehead atoms. The largest absolute Gasteiger partial charge is 0.457 e. The van der Waals surface area contributed by atoms with E-state index in [1.54, 1.807) is 0 Å². The molecule has 2 saturated heterocycles. The first-order valence-corrected chi connectivity index (χ1v) is 28.5. The molecule has 0 aromatic carbocycles. The maximum atomic E-state index is 13.1. The van der Waals surface area contributed by atoms with E-state index in [-0.39, 0.29) is 25.6 Å². The molecule has 0 aromatic heterocycles. The number of unbranched alkanes of at least 4 members (excludes halogenated alkanes) is 19. The van der Waals surface area contributed by atoms with Crippen molar-refractivity contribution in [2.45, 2.75) is 261 Å². The minimum atomic E-state index is -1.71. The van der Waals surface area contributed by atoms with Crippen LogP contribution in [0, 0.1) is 0 Å². The molecule has 2 aliphatic heterocycles. The highest BCUT2D eigenvalue weighted by Crippen LogP contribution is 2.26. The van der Waals surface area contributed by atoms with Crippen molar-refractivity contribution in [1.82, 2.24) is 0 Å². The number of hydrogen-bond acceptors (Lipinski definition) is 14. The van der Waals surface area contributed by atoms with Crippen LogP contribution in [0.2, 0.25) is 0 Å². The second-order valence-electron chi connectivity index (χ2n) is 19.7. The molecule has 11 unspecified atom stereocenters. The van der Waals surface area contributed by atoms with Crippen LogP contribution in [0.1, 0.15) is 194 Å². The summed E-state index contributed by atoms with van der Waals surface area (Å²) in [6.45, 7) is 3.53. The lowest BCUT2D eigenvalue weighted by molar-refractivity contribution is -0.332. The molecule has 0 aliphatic carbocycles. The SMILES string of the molecule is CC/C=C\C/C=C\C/C=C\C/C=C\CCCCCCCCCCCOCC(COC1OC(COC2OC(CO)C(O)C(O)C2O)C(O)C(O)C1O)OC(=O)CCCCCCCCC/C=C\C/C=C\CCCCC. The molecule has 422 valence electrons. The Kier molecular flexibility index (Phi) is 41.6. The van der Waals surface area contributed by atoms with Gasteiger partial charge in [0.1, 0.15) is 54.9 Å². The summed E-state index contributed by atoms with van der Waals surface area (Å²) >= 11 is 0. The van der Waals surface area contributed by atoms with Crippen molar-refractivity contribution in [3.8, 4) is 0 Å². The molecule has 0 radical (unpaired) electrons. The van der Waals surface area contributed by atoms with Gasteiger partial charge in [-0.15, -0.1) is 0 Å². The summed E-state index contributed by atoms with van der Waals surface area (Å²) in [7, 11) is 0. The van der Waals surface area contributed by atoms with Gasteiger partial charge in [-0.3, -0.25) is 4.79 Å². The third-order valence-electron chi connectivity index (χ3n) is 13.2. The molecule has 14 nitrogen and oxygen atoms in total. The van der Waals surface area contributed by atoms with Gasteiger partial charge in [-0.1, -0.05) is 177 Å². The van der Waals surface area contributed by atoms with Crippen molar-refractivity contribution in [2.24, 2.45) is 0 Å². The van der Waals surface area contributed by atoms with E-state index in [1.807, 2.05) is 0 Å². The molecule has 0 spiro atoms. The van der Waals surface area contributed by atoms with Crippen LogP contribution in [0.25, 0.3) is 0 Å². The maximum Gasteiger partial charge on any atom is 0.306 e. The fourth-order valence-electron chi connectivity index (χ4n) is 8.60. The molecule has 7 N–H and O–H groups in total. The first kappa shape index (κ1) is 66.5. The highest BCUT2D eigenvalue weighted by molar-refractivity contribution is 5.69. The summed E-state index contributed by atoms with van der Waals surface area (Å²) in [6, 6.07) is 0. The summed E-state index contributed by atoms with van der Waals surface area (Å²) in [4.78, 5) is 13.1. The summed E-state index contributed by atoms with van der Waals surface area (Å²) in [5.41, 5.74) is 0. The zero-order valence-electron chi connectivity index (χ0n) is 45.1. The third-order valence-corrected chi connectivity index (χ3v) is 13.2. The molecule has 0 aromatic rings. The molecule has 73 heavy (non-hydrogen) atoms. The molecule has 0 saturated carbocycles. The fourth-order valence-corrected chi connectivity index (χ4v) is 8.60. The van der Waals surface area contributed by atoms with Crippen LogP contribution < -0.4 is 0 Å². The highest BCUT2D eigenvalue weighted by Gasteiger charge is 2.47. The van der Waals surface area contributed by atoms with Gasteiger partial charge in [0.25, 0.3) is 0 Å². The molecular formula is C59H102O14. The Morgan fingerprint density at radius 3 is 1.40 bits per heavy atom. The van der Waals surface area contributed by atoms with Gasteiger partial charge in [0.05, 0.1) is 26.4 Å². The van der Waals surface area contributed by atoms with Gasteiger partial charge in [0.2, 0.25) is 0 Å². The molecule has 2 aliphatic rings. The average molecular weight is 1040 g/mol. The monoisotopic (exact) mass is 1030 g/mol. The topological polar surface area (TPSA) is 214 Å². The number of aliphatic hydroxyl groups excluding tert-OH is 7. The van der Waals surface area contributed by atoms with E-state index in [9.17, 15) is 40.5 Å². The lowest BCUT2D eigenvalue weighted by atomic mass is 9.98. The van der Waals surface area contributed by atoms with Gasteiger partial charge in [0, 0.05) is 13.0 Å². The van der Waals surface area contributed by atoms with Crippen molar-refractivity contribution in [1.29, 1.82) is 0 Å². The zero-order valence-corrected chi connectivity index (χ0v) is 45.1. The van der Waals surface area contributed by atoms with E-state index in [2.05, 4.69) is 86.8 Å². The Hall–Kier alpha value is -2.57. The van der Waals surface area contributed by atoms with Crippen LogP contribution in [-0.4, -0.2) is 142 Å². The number of rotatable bonds is 45. The number of carbonyl (C=O) groups is 1. The van der Waals surface area contributed by atoms with Crippen LogP contribution in [-0.2, 0) is 33.2 Å². The molecular weight excluding hydrogens is 933 g/mol. The lowest BCUT2D eigenvalue weighted by Gasteiger charge is -2.42. The van der Waals surface area contributed by atoms with Crippen LogP contribution >= 0.6 is 0 Å².